The molecule has 0 aromatic heterocycles. The van der Waals surface area contributed by atoms with Crippen LogP contribution < -0.4 is 0 Å². The quantitative estimate of drug-likeness (QED) is 0.526. The standard InChI is InChI=1S/C12H21NO4/c1-4-17-6-5-11(14)13-7-9(2)10(8-13)12(15)16-3/h9-10H,4-8H2,1-3H3. The Morgan fingerprint density at radius 1 is 1.35 bits per heavy atom. The molecule has 0 aromatic carbocycles. The Morgan fingerprint density at radius 3 is 2.65 bits per heavy atom. The summed E-state index contributed by atoms with van der Waals surface area (Å²) in [7, 11) is 1.38. The van der Waals surface area contributed by atoms with E-state index in [1.54, 1.807) is 4.90 Å². The first-order valence-electron chi connectivity index (χ1n) is 6.03. The van der Waals surface area contributed by atoms with E-state index in [-0.39, 0.29) is 23.7 Å². The van der Waals surface area contributed by atoms with E-state index in [0.717, 1.165) is 0 Å². The summed E-state index contributed by atoms with van der Waals surface area (Å²) in [5.41, 5.74) is 0. The molecule has 5 heteroatoms. The van der Waals surface area contributed by atoms with Crippen molar-refractivity contribution in [3.63, 3.8) is 0 Å². The zero-order valence-corrected chi connectivity index (χ0v) is 10.8. The summed E-state index contributed by atoms with van der Waals surface area (Å²) in [6.45, 7) is 6.04. The minimum Gasteiger partial charge on any atom is -0.469 e. The van der Waals surface area contributed by atoms with Gasteiger partial charge in [-0.2, -0.15) is 0 Å². The van der Waals surface area contributed by atoms with Crippen molar-refractivity contribution < 1.29 is 19.1 Å². The third-order valence-electron chi connectivity index (χ3n) is 3.13. The molecule has 1 amide bonds. The molecule has 0 aromatic rings. The van der Waals surface area contributed by atoms with Crippen molar-refractivity contribution >= 4 is 11.9 Å². The lowest BCUT2D eigenvalue weighted by molar-refractivity contribution is -0.146. The molecule has 2 atom stereocenters. The van der Waals surface area contributed by atoms with Crippen molar-refractivity contribution in [1.29, 1.82) is 0 Å². The molecule has 0 N–H and O–H groups in total. The van der Waals surface area contributed by atoms with Gasteiger partial charge >= 0.3 is 5.97 Å². The summed E-state index contributed by atoms with van der Waals surface area (Å²) in [4.78, 5) is 25.0. The Kier molecular flexibility index (Phi) is 5.41. The van der Waals surface area contributed by atoms with Gasteiger partial charge in [-0.05, 0) is 12.8 Å². The van der Waals surface area contributed by atoms with Crippen molar-refractivity contribution in [3.05, 3.63) is 0 Å². The highest BCUT2D eigenvalue weighted by Gasteiger charge is 2.37. The highest BCUT2D eigenvalue weighted by atomic mass is 16.5. The Bertz CT molecular complexity index is 280. The number of hydrogen-bond acceptors (Lipinski definition) is 4. The van der Waals surface area contributed by atoms with Gasteiger partial charge in [0.25, 0.3) is 0 Å². The van der Waals surface area contributed by atoms with Crippen molar-refractivity contribution in [2.24, 2.45) is 11.8 Å². The van der Waals surface area contributed by atoms with Crippen LogP contribution in [0.15, 0.2) is 0 Å². The van der Waals surface area contributed by atoms with E-state index in [2.05, 4.69) is 0 Å². The van der Waals surface area contributed by atoms with Crippen LogP contribution in [0.1, 0.15) is 20.3 Å². The highest BCUT2D eigenvalue weighted by Crippen LogP contribution is 2.24. The van der Waals surface area contributed by atoms with E-state index in [0.29, 0.717) is 32.7 Å². The maximum Gasteiger partial charge on any atom is 0.310 e. The summed E-state index contributed by atoms with van der Waals surface area (Å²) in [6, 6.07) is 0. The number of likely N-dealkylation sites (tertiary alicyclic amines) is 1. The molecule has 1 heterocycles. The second-order valence-corrected chi connectivity index (χ2v) is 4.35. The van der Waals surface area contributed by atoms with E-state index in [4.69, 9.17) is 9.47 Å². The lowest BCUT2D eigenvalue weighted by Gasteiger charge is -2.15. The van der Waals surface area contributed by atoms with Crippen LogP contribution >= 0.6 is 0 Å². The number of carbonyl (C=O) groups excluding carboxylic acids is 2. The van der Waals surface area contributed by atoms with Crippen LogP contribution in [-0.2, 0) is 19.1 Å². The molecule has 0 saturated carbocycles. The fourth-order valence-corrected chi connectivity index (χ4v) is 2.09. The lowest BCUT2D eigenvalue weighted by atomic mass is 9.99. The maximum atomic E-state index is 11.8. The average Bonchev–Trinajstić information content (AvgIpc) is 2.70. The molecule has 17 heavy (non-hydrogen) atoms. The van der Waals surface area contributed by atoms with Gasteiger partial charge in [-0.3, -0.25) is 9.59 Å². The lowest BCUT2D eigenvalue weighted by Crippen LogP contribution is -2.30. The van der Waals surface area contributed by atoms with Crippen LogP contribution in [0.25, 0.3) is 0 Å². The van der Waals surface area contributed by atoms with E-state index in [1.165, 1.54) is 7.11 Å². The summed E-state index contributed by atoms with van der Waals surface area (Å²) >= 11 is 0. The number of nitrogens with zero attached hydrogens (tertiary/aromatic N) is 1. The average molecular weight is 243 g/mol. The fourth-order valence-electron chi connectivity index (χ4n) is 2.09. The molecule has 98 valence electrons. The molecule has 1 aliphatic heterocycles. The summed E-state index contributed by atoms with van der Waals surface area (Å²) in [6.07, 6.45) is 0.383. The predicted octanol–water partition coefficient (Wildman–Crippen LogP) is 0.681. The molecule has 0 radical (unpaired) electrons. The Balaban J connectivity index is 2.42. The largest absolute Gasteiger partial charge is 0.469 e. The molecule has 1 rings (SSSR count). The third-order valence-corrected chi connectivity index (χ3v) is 3.13. The molecular weight excluding hydrogens is 222 g/mol. The van der Waals surface area contributed by atoms with Gasteiger partial charge in [0.1, 0.15) is 0 Å². The van der Waals surface area contributed by atoms with E-state index < -0.39 is 0 Å². The first-order valence-corrected chi connectivity index (χ1v) is 6.03. The van der Waals surface area contributed by atoms with E-state index in [9.17, 15) is 9.59 Å². The van der Waals surface area contributed by atoms with Crippen LogP contribution in [0.5, 0.6) is 0 Å². The SMILES string of the molecule is CCOCCC(=O)N1CC(C)C(C(=O)OC)C1. The topological polar surface area (TPSA) is 55.8 Å². The van der Waals surface area contributed by atoms with Crippen LogP contribution in [0.4, 0.5) is 0 Å². The highest BCUT2D eigenvalue weighted by molar-refractivity contribution is 5.79. The maximum absolute atomic E-state index is 11.8. The van der Waals surface area contributed by atoms with Crippen molar-refractivity contribution in [2.45, 2.75) is 20.3 Å². The first-order chi connectivity index (χ1) is 8.10. The smallest absolute Gasteiger partial charge is 0.310 e. The summed E-state index contributed by atoms with van der Waals surface area (Å²) < 4.78 is 9.88. The molecule has 0 bridgehead atoms. The molecule has 2 unspecified atom stereocenters. The molecule has 0 spiro atoms. The number of carbonyl (C=O) groups is 2. The number of methoxy groups -OCH3 is 1. The zero-order valence-electron chi connectivity index (χ0n) is 10.8. The van der Waals surface area contributed by atoms with E-state index in [1.807, 2.05) is 13.8 Å². The number of ether oxygens (including phenoxy) is 2. The Morgan fingerprint density at radius 2 is 2.06 bits per heavy atom. The van der Waals surface area contributed by atoms with Crippen LogP contribution in [0.2, 0.25) is 0 Å². The Labute approximate surface area is 102 Å². The number of rotatable bonds is 5. The van der Waals surface area contributed by atoms with Crippen molar-refractivity contribution in [1.82, 2.24) is 4.90 Å². The minimum absolute atomic E-state index is 0.0525. The van der Waals surface area contributed by atoms with Gasteiger partial charge in [-0.1, -0.05) is 6.92 Å². The molecule has 1 aliphatic rings. The fraction of sp³-hybridized carbons (Fsp3) is 0.833. The Hall–Kier alpha value is -1.10. The summed E-state index contributed by atoms with van der Waals surface area (Å²) in [5, 5.41) is 0. The summed E-state index contributed by atoms with van der Waals surface area (Å²) in [5.74, 6) is -0.191. The molecule has 5 nitrogen and oxygen atoms in total. The number of hydrogen-bond donors (Lipinski definition) is 0. The normalized spacial score (nSPS) is 23.8. The second kappa shape index (κ2) is 6.59. The van der Waals surface area contributed by atoms with Gasteiger partial charge in [0.05, 0.1) is 26.1 Å². The van der Waals surface area contributed by atoms with Gasteiger partial charge in [-0.15, -0.1) is 0 Å². The molecular formula is C12H21NO4. The van der Waals surface area contributed by atoms with Gasteiger partial charge in [-0.25, -0.2) is 0 Å². The van der Waals surface area contributed by atoms with Crippen LogP contribution in [-0.4, -0.2) is 50.2 Å². The number of amides is 1. The monoisotopic (exact) mass is 243 g/mol. The first kappa shape index (κ1) is 14.0. The number of esters is 1. The van der Waals surface area contributed by atoms with Crippen LogP contribution in [0, 0.1) is 11.8 Å². The minimum atomic E-state index is -0.224. The second-order valence-electron chi connectivity index (χ2n) is 4.35. The van der Waals surface area contributed by atoms with Gasteiger partial charge < -0.3 is 14.4 Å². The third kappa shape index (κ3) is 3.70. The zero-order chi connectivity index (χ0) is 12.8. The van der Waals surface area contributed by atoms with Gasteiger partial charge in [0.2, 0.25) is 5.91 Å². The molecule has 1 fully saturated rings. The van der Waals surface area contributed by atoms with Crippen LogP contribution in [0.3, 0.4) is 0 Å². The molecule has 1 saturated heterocycles. The predicted molar refractivity (Wildman–Crippen MR) is 62.4 cm³/mol. The molecule has 0 aliphatic carbocycles. The van der Waals surface area contributed by atoms with E-state index >= 15 is 0 Å². The van der Waals surface area contributed by atoms with Crippen molar-refractivity contribution in [3.8, 4) is 0 Å². The van der Waals surface area contributed by atoms with Gasteiger partial charge in [0, 0.05) is 19.7 Å². The van der Waals surface area contributed by atoms with Gasteiger partial charge in [0.15, 0.2) is 0 Å². The van der Waals surface area contributed by atoms with Crippen molar-refractivity contribution in [2.75, 3.05) is 33.4 Å².